The molecular formula is C21H17ClN4O. The van der Waals surface area contributed by atoms with Crippen LogP contribution >= 0.6 is 11.6 Å². The number of halogens is 1. The highest BCUT2D eigenvalue weighted by Gasteiger charge is 2.51. The maximum atomic E-state index is 13.2. The fraction of sp³-hybridized carbons (Fsp3) is 0.0952. The Bertz CT molecular complexity index is 1040. The lowest BCUT2D eigenvalue weighted by Gasteiger charge is -2.28. The van der Waals surface area contributed by atoms with Crippen molar-refractivity contribution >= 4 is 23.5 Å². The molecule has 1 amide bonds. The smallest absolute Gasteiger partial charge is 0.264 e. The second-order valence-corrected chi connectivity index (χ2v) is 6.85. The fourth-order valence-electron chi connectivity index (χ4n) is 3.43. The Labute approximate surface area is 162 Å². The molecule has 1 fully saturated rings. The molecular weight excluding hydrogens is 360 g/mol. The summed E-state index contributed by atoms with van der Waals surface area (Å²) >= 11 is 6.14. The molecule has 1 aliphatic rings. The van der Waals surface area contributed by atoms with Crippen molar-refractivity contribution < 1.29 is 4.79 Å². The van der Waals surface area contributed by atoms with E-state index in [4.69, 9.17) is 17.0 Å². The molecule has 1 aliphatic heterocycles. The zero-order valence-electron chi connectivity index (χ0n) is 14.6. The van der Waals surface area contributed by atoms with E-state index in [0.717, 1.165) is 22.3 Å². The number of hydrogen-bond donors (Lipinski definition) is 2. The van der Waals surface area contributed by atoms with Gasteiger partial charge in [-0.25, -0.2) is 0 Å². The number of hydrogen-bond acceptors (Lipinski definition) is 3. The first kappa shape index (κ1) is 17.2. The van der Waals surface area contributed by atoms with Crippen molar-refractivity contribution in [1.82, 2.24) is 15.2 Å². The number of rotatable bonds is 3. The van der Waals surface area contributed by atoms with E-state index in [2.05, 4.69) is 10.3 Å². The number of amides is 1. The topological polar surface area (TPSA) is 69.1 Å². The van der Waals surface area contributed by atoms with Gasteiger partial charge in [-0.1, -0.05) is 41.9 Å². The molecule has 27 heavy (non-hydrogen) atoms. The Kier molecular flexibility index (Phi) is 4.16. The van der Waals surface area contributed by atoms with Crippen LogP contribution in [0.5, 0.6) is 0 Å². The van der Waals surface area contributed by atoms with Gasteiger partial charge in [0.05, 0.1) is 0 Å². The molecule has 1 atom stereocenters. The monoisotopic (exact) mass is 376 g/mol. The standard InChI is InChI=1S/C21H17ClN4O/c1-26-19(27)21(25-20(26)23,16-8-10-24-11-9-16)17-6-2-4-14(12-17)15-5-3-7-18(22)13-15/h2-13H,1H3,(H2,23,25). The van der Waals surface area contributed by atoms with Crippen LogP contribution in [0.2, 0.25) is 5.02 Å². The van der Waals surface area contributed by atoms with E-state index in [9.17, 15) is 4.79 Å². The van der Waals surface area contributed by atoms with Crippen LogP contribution in [-0.4, -0.2) is 28.8 Å². The molecule has 1 unspecified atom stereocenters. The minimum Gasteiger partial charge on any atom is -0.334 e. The third-order valence-corrected chi connectivity index (χ3v) is 5.07. The average molecular weight is 377 g/mol. The maximum Gasteiger partial charge on any atom is 0.264 e. The normalized spacial score (nSPS) is 19.3. The van der Waals surface area contributed by atoms with Crippen LogP contribution in [-0.2, 0) is 10.3 Å². The van der Waals surface area contributed by atoms with Gasteiger partial charge in [0.2, 0.25) is 0 Å². The molecule has 2 N–H and O–H groups in total. The van der Waals surface area contributed by atoms with E-state index in [1.165, 1.54) is 4.90 Å². The van der Waals surface area contributed by atoms with Crippen LogP contribution < -0.4 is 5.32 Å². The van der Waals surface area contributed by atoms with Crippen LogP contribution in [0.3, 0.4) is 0 Å². The molecule has 0 radical (unpaired) electrons. The number of pyridine rings is 1. The van der Waals surface area contributed by atoms with Gasteiger partial charge in [0.25, 0.3) is 5.91 Å². The minimum atomic E-state index is -1.16. The second-order valence-electron chi connectivity index (χ2n) is 6.41. The van der Waals surface area contributed by atoms with Crippen molar-refractivity contribution in [2.45, 2.75) is 5.54 Å². The highest BCUT2D eigenvalue weighted by Crippen LogP contribution is 2.37. The van der Waals surface area contributed by atoms with E-state index >= 15 is 0 Å². The lowest BCUT2D eigenvalue weighted by molar-refractivity contribution is -0.129. The number of guanidine groups is 1. The molecule has 4 rings (SSSR count). The number of likely N-dealkylation sites (N-methyl/N-ethyl adjacent to an activating group) is 1. The summed E-state index contributed by atoms with van der Waals surface area (Å²) in [5, 5.41) is 11.9. The summed E-state index contributed by atoms with van der Waals surface area (Å²) in [5.41, 5.74) is 2.23. The highest BCUT2D eigenvalue weighted by molar-refractivity contribution is 6.30. The first-order valence-electron chi connectivity index (χ1n) is 8.44. The predicted molar refractivity (Wildman–Crippen MR) is 106 cm³/mol. The second kappa shape index (κ2) is 6.52. The van der Waals surface area contributed by atoms with Crippen LogP contribution in [0, 0.1) is 5.41 Å². The predicted octanol–water partition coefficient (Wildman–Crippen LogP) is 3.64. The Morgan fingerprint density at radius 3 is 2.30 bits per heavy atom. The summed E-state index contributed by atoms with van der Waals surface area (Å²) in [4.78, 5) is 18.6. The average Bonchev–Trinajstić information content (AvgIpc) is 2.94. The molecule has 1 aromatic heterocycles. The third kappa shape index (κ3) is 2.76. The van der Waals surface area contributed by atoms with Gasteiger partial charge in [0, 0.05) is 24.5 Å². The first-order chi connectivity index (χ1) is 13.0. The van der Waals surface area contributed by atoms with E-state index in [1.807, 2.05) is 48.5 Å². The van der Waals surface area contributed by atoms with Crippen molar-refractivity contribution in [3.63, 3.8) is 0 Å². The molecule has 6 heteroatoms. The van der Waals surface area contributed by atoms with Crippen molar-refractivity contribution in [2.24, 2.45) is 0 Å². The molecule has 134 valence electrons. The van der Waals surface area contributed by atoms with Crippen molar-refractivity contribution in [2.75, 3.05) is 7.05 Å². The lowest BCUT2D eigenvalue weighted by atomic mass is 9.82. The molecule has 3 aromatic rings. The minimum absolute atomic E-state index is 0.0602. The number of carbonyl (C=O) groups excluding carboxylic acids is 1. The van der Waals surface area contributed by atoms with Gasteiger partial charge in [0.1, 0.15) is 0 Å². The highest BCUT2D eigenvalue weighted by atomic mass is 35.5. The molecule has 1 saturated heterocycles. The summed E-state index contributed by atoms with van der Waals surface area (Å²) in [6, 6.07) is 18.9. The van der Waals surface area contributed by atoms with E-state index in [-0.39, 0.29) is 11.9 Å². The number of benzene rings is 2. The van der Waals surface area contributed by atoms with Gasteiger partial charge in [-0.2, -0.15) is 0 Å². The quantitative estimate of drug-likeness (QED) is 0.733. The summed E-state index contributed by atoms with van der Waals surface area (Å²) < 4.78 is 0. The van der Waals surface area contributed by atoms with Crippen LogP contribution in [0.25, 0.3) is 11.1 Å². The Hall–Kier alpha value is -3.18. The Balaban J connectivity index is 1.91. The number of aromatic nitrogens is 1. The molecule has 2 heterocycles. The number of nitrogens with one attached hydrogen (secondary N) is 2. The van der Waals surface area contributed by atoms with Crippen molar-refractivity contribution in [1.29, 1.82) is 5.41 Å². The Morgan fingerprint density at radius 1 is 1.00 bits per heavy atom. The molecule has 0 bridgehead atoms. The zero-order valence-corrected chi connectivity index (χ0v) is 15.4. The first-order valence-corrected chi connectivity index (χ1v) is 8.82. The molecule has 0 saturated carbocycles. The largest absolute Gasteiger partial charge is 0.334 e. The van der Waals surface area contributed by atoms with Gasteiger partial charge in [-0.05, 0) is 52.6 Å². The molecule has 0 aliphatic carbocycles. The summed E-state index contributed by atoms with van der Waals surface area (Å²) in [7, 11) is 1.60. The van der Waals surface area contributed by atoms with Crippen LogP contribution in [0.15, 0.2) is 73.1 Å². The van der Waals surface area contributed by atoms with E-state index in [0.29, 0.717) is 5.02 Å². The molecule has 2 aromatic carbocycles. The van der Waals surface area contributed by atoms with Crippen molar-refractivity contribution in [3.05, 3.63) is 89.2 Å². The SMILES string of the molecule is CN1C(=N)NC(c2ccncc2)(c2cccc(-c3cccc(Cl)c3)c2)C1=O. The van der Waals surface area contributed by atoms with Gasteiger partial charge < -0.3 is 5.32 Å². The van der Waals surface area contributed by atoms with E-state index in [1.54, 1.807) is 31.6 Å². The van der Waals surface area contributed by atoms with Crippen molar-refractivity contribution in [3.8, 4) is 11.1 Å². The zero-order chi connectivity index (χ0) is 19.0. The van der Waals surface area contributed by atoms with Gasteiger partial charge in [-0.15, -0.1) is 0 Å². The third-order valence-electron chi connectivity index (χ3n) is 4.83. The molecule has 5 nitrogen and oxygen atoms in total. The number of nitrogens with zero attached hydrogens (tertiary/aromatic N) is 2. The lowest BCUT2D eigenvalue weighted by Crippen LogP contribution is -2.45. The summed E-state index contributed by atoms with van der Waals surface area (Å²) in [6.07, 6.45) is 3.30. The van der Waals surface area contributed by atoms with E-state index < -0.39 is 5.54 Å². The van der Waals surface area contributed by atoms with Crippen LogP contribution in [0.1, 0.15) is 11.1 Å². The number of carbonyl (C=O) groups is 1. The summed E-state index contributed by atoms with van der Waals surface area (Å²) in [6.45, 7) is 0. The van der Waals surface area contributed by atoms with Gasteiger partial charge in [0.15, 0.2) is 11.5 Å². The van der Waals surface area contributed by atoms with Gasteiger partial charge >= 0.3 is 0 Å². The summed E-state index contributed by atoms with van der Waals surface area (Å²) in [5.74, 6) is -0.146. The molecule has 0 spiro atoms. The fourth-order valence-corrected chi connectivity index (χ4v) is 3.62. The Morgan fingerprint density at radius 2 is 1.67 bits per heavy atom. The van der Waals surface area contributed by atoms with Gasteiger partial charge in [-0.3, -0.25) is 20.1 Å². The van der Waals surface area contributed by atoms with Crippen LogP contribution in [0.4, 0.5) is 0 Å². The maximum absolute atomic E-state index is 13.2.